The molecule has 0 amide bonds. The highest BCUT2D eigenvalue weighted by Crippen LogP contribution is 2.42. The molecule has 1 heterocycles. The fourth-order valence-electron chi connectivity index (χ4n) is 4.18. The Kier molecular flexibility index (Phi) is 6.95. The van der Waals surface area contributed by atoms with Crippen molar-refractivity contribution in [2.24, 2.45) is 11.8 Å². The van der Waals surface area contributed by atoms with E-state index in [1.165, 1.54) is 16.2 Å². The third kappa shape index (κ3) is 4.88. The molecule has 0 aliphatic carbocycles. The van der Waals surface area contributed by atoms with Crippen LogP contribution in [-0.2, 0) is 10.0 Å². The molecule has 5 heteroatoms. The average Bonchev–Trinajstić information content (AvgIpc) is 3.24. The summed E-state index contributed by atoms with van der Waals surface area (Å²) in [6.45, 7) is 7.34. The van der Waals surface area contributed by atoms with Crippen LogP contribution in [0.5, 0.6) is 0 Å². The molecule has 166 valence electrons. The molecule has 1 saturated heterocycles. The molecule has 3 aromatic rings. The third-order valence-corrected chi connectivity index (χ3v) is 10.2. The maximum Gasteiger partial charge on any atom is 0.243 e. The van der Waals surface area contributed by atoms with E-state index in [-0.39, 0.29) is 5.92 Å². The van der Waals surface area contributed by atoms with Crippen LogP contribution in [0.3, 0.4) is 0 Å². The largest absolute Gasteiger partial charge is 0.243 e. The molecule has 0 radical (unpaired) electrons. The van der Waals surface area contributed by atoms with Crippen molar-refractivity contribution in [1.29, 1.82) is 0 Å². The highest BCUT2D eigenvalue weighted by molar-refractivity contribution is 7.89. The quantitative estimate of drug-likeness (QED) is 0.466. The van der Waals surface area contributed by atoms with E-state index in [2.05, 4.69) is 68.2 Å². The monoisotopic (exact) mass is 463 g/mol. The Morgan fingerprint density at radius 1 is 0.875 bits per heavy atom. The lowest BCUT2D eigenvalue weighted by Gasteiger charge is -2.20. The molecule has 0 N–H and O–H groups in total. The van der Waals surface area contributed by atoms with Gasteiger partial charge in [-0.1, -0.05) is 98.0 Å². The normalized spacial score (nSPS) is 18.7. The molecule has 4 rings (SSSR count). The second kappa shape index (κ2) is 9.70. The minimum Gasteiger partial charge on any atom is -0.207 e. The zero-order chi connectivity index (χ0) is 22.7. The molecule has 1 unspecified atom stereocenters. The van der Waals surface area contributed by atoms with Crippen LogP contribution >= 0.6 is 7.92 Å². The number of rotatable bonds is 6. The van der Waals surface area contributed by atoms with Gasteiger partial charge >= 0.3 is 0 Å². The predicted molar refractivity (Wildman–Crippen MR) is 135 cm³/mol. The Morgan fingerprint density at radius 3 is 1.91 bits per heavy atom. The molecule has 0 aromatic heterocycles. The molecular weight excluding hydrogens is 433 g/mol. The van der Waals surface area contributed by atoms with Gasteiger partial charge in [-0.15, -0.1) is 0 Å². The minimum atomic E-state index is -3.52. The van der Waals surface area contributed by atoms with Crippen LogP contribution in [-0.4, -0.2) is 25.8 Å². The summed E-state index contributed by atoms with van der Waals surface area (Å²) in [6.07, 6.45) is 0. The van der Waals surface area contributed by atoms with E-state index in [4.69, 9.17) is 0 Å². The predicted octanol–water partition coefficient (Wildman–Crippen LogP) is 5.29. The van der Waals surface area contributed by atoms with Gasteiger partial charge in [0, 0.05) is 13.1 Å². The van der Waals surface area contributed by atoms with E-state index >= 15 is 0 Å². The summed E-state index contributed by atoms with van der Waals surface area (Å²) in [4.78, 5) is 0.375. The van der Waals surface area contributed by atoms with Crippen LogP contribution in [0, 0.1) is 18.8 Å². The minimum absolute atomic E-state index is 0.215. The second-order valence-electron chi connectivity index (χ2n) is 8.71. The van der Waals surface area contributed by atoms with Crippen molar-refractivity contribution < 1.29 is 8.42 Å². The first kappa shape index (κ1) is 22.9. The smallest absolute Gasteiger partial charge is 0.207 e. The molecule has 1 fully saturated rings. The molecule has 0 bridgehead atoms. The SMILES string of the molecule is Cc1ccc(S(=O)(=O)N2CC(=CP(c3ccccc3)c3ccccc3)C(C(C)C)C2)cc1. The highest BCUT2D eigenvalue weighted by Gasteiger charge is 2.37. The van der Waals surface area contributed by atoms with Crippen molar-refractivity contribution in [2.45, 2.75) is 25.7 Å². The number of hydrogen-bond donors (Lipinski definition) is 0. The Labute approximate surface area is 193 Å². The summed E-state index contributed by atoms with van der Waals surface area (Å²) in [6, 6.07) is 28.3. The molecule has 3 nitrogen and oxygen atoms in total. The summed E-state index contributed by atoms with van der Waals surface area (Å²) in [5.41, 5.74) is 2.29. The first-order chi connectivity index (χ1) is 15.4. The summed E-state index contributed by atoms with van der Waals surface area (Å²) >= 11 is 0. The zero-order valence-electron chi connectivity index (χ0n) is 18.8. The first-order valence-corrected chi connectivity index (χ1v) is 13.9. The Balaban J connectivity index is 1.72. The van der Waals surface area contributed by atoms with Crippen LogP contribution in [0.25, 0.3) is 0 Å². The van der Waals surface area contributed by atoms with Gasteiger partial charge in [-0.2, -0.15) is 4.31 Å². The lowest BCUT2D eigenvalue weighted by molar-refractivity contribution is 0.406. The number of aryl methyl sites for hydroxylation is 1. The van der Waals surface area contributed by atoms with Crippen molar-refractivity contribution in [3.63, 3.8) is 0 Å². The topological polar surface area (TPSA) is 37.4 Å². The molecule has 1 aliphatic rings. The van der Waals surface area contributed by atoms with Crippen molar-refractivity contribution >= 4 is 28.6 Å². The summed E-state index contributed by atoms with van der Waals surface area (Å²) in [5.74, 6) is 2.95. The summed E-state index contributed by atoms with van der Waals surface area (Å²) in [5, 5.41) is 2.56. The molecule has 32 heavy (non-hydrogen) atoms. The van der Waals surface area contributed by atoms with Crippen LogP contribution in [0.4, 0.5) is 0 Å². The number of benzene rings is 3. The van der Waals surface area contributed by atoms with Crippen LogP contribution in [0.15, 0.2) is 101 Å². The number of hydrogen-bond acceptors (Lipinski definition) is 2. The van der Waals surface area contributed by atoms with Gasteiger partial charge in [0.25, 0.3) is 0 Å². The van der Waals surface area contributed by atoms with Gasteiger partial charge in [-0.05, 0) is 55.0 Å². The van der Waals surface area contributed by atoms with E-state index < -0.39 is 17.9 Å². The molecule has 0 spiro atoms. The van der Waals surface area contributed by atoms with Crippen molar-refractivity contribution in [3.8, 4) is 0 Å². The number of sulfonamides is 1. The Morgan fingerprint density at radius 2 is 1.41 bits per heavy atom. The molecule has 0 saturated carbocycles. The van der Waals surface area contributed by atoms with E-state index in [9.17, 15) is 8.42 Å². The Hall–Kier alpha value is -2.26. The van der Waals surface area contributed by atoms with E-state index in [0.29, 0.717) is 23.9 Å². The lowest BCUT2D eigenvalue weighted by atomic mass is 9.92. The van der Waals surface area contributed by atoms with Crippen molar-refractivity contribution in [1.82, 2.24) is 4.31 Å². The maximum absolute atomic E-state index is 13.4. The van der Waals surface area contributed by atoms with Crippen LogP contribution in [0.1, 0.15) is 19.4 Å². The lowest BCUT2D eigenvalue weighted by Crippen LogP contribution is -2.29. The van der Waals surface area contributed by atoms with Gasteiger partial charge in [0.1, 0.15) is 0 Å². The van der Waals surface area contributed by atoms with Gasteiger partial charge in [0.2, 0.25) is 10.0 Å². The van der Waals surface area contributed by atoms with Gasteiger partial charge in [-0.3, -0.25) is 0 Å². The second-order valence-corrected chi connectivity index (χ2v) is 12.7. The fourth-order valence-corrected chi connectivity index (χ4v) is 7.82. The maximum atomic E-state index is 13.4. The van der Waals surface area contributed by atoms with Gasteiger partial charge in [-0.25, -0.2) is 8.42 Å². The van der Waals surface area contributed by atoms with Gasteiger partial charge in [0.05, 0.1) is 4.90 Å². The van der Waals surface area contributed by atoms with E-state index in [0.717, 1.165) is 5.56 Å². The van der Waals surface area contributed by atoms with Crippen LogP contribution in [0.2, 0.25) is 0 Å². The van der Waals surface area contributed by atoms with Crippen molar-refractivity contribution in [3.05, 3.63) is 102 Å². The summed E-state index contributed by atoms with van der Waals surface area (Å²) < 4.78 is 28.4. The Bertz CT molecular complexity index is 1130. The van der Waals surface area contributed by atoms with Gasteiger partial charge in [0.15, 0.2) is 0 Å². The molecule has 1 atom stereocenters. The molecule has 1 aliphatic heterocycles. The van der Waals surface area contributed by atoms with Crippen molar-refractivity contribution in [2.75, 3.05) is 13.1 Å². The third-order valence-electron chi connectivity index (χ3n) is 6.06. The van der Waals surface area contributed by atoms with Gasteiger partial charge < -0.3 is 0 Å². The first-order valence-electron chi connectivity index (χ1n) is 11.0. The fraction of sp³-hybridized carbons (Fsp3) is 0.259. The standard InChI is InChI=1S/C27H30NO2PS/c1-21(2)27-19-28(32(29,30)26-16-14-22(3)15-17-26)18-23(27)20-31(24-10-6-4-7-11-24)25-12-8-5-9-13-25/h4-17,20-21,27H,18-19H2,1-3H3. The average molecular weight is 464 g/mol. The van der Waals surface area contributed by atoms with E-state index in [1.54, 1.807) is 16.4 Å². The zero-order valence-corrected chi connectivity index (χ0v) is 20.6. The molecule has 3 aromatic carbocycles. The molecular formula is C27H30NO2PS. The number of nitrogens with zero attached hydrogens (tertiary/aromatic N) is 1. The van der Waals surface area contributed by atoms with E-state index in [1.807, 2.05) is 31.2 Å². The summed E-state index contributed by atoms with van der Waals surface area (Å²) in [7, 11) is -4.23. The van der Waals surface area contributed by atoms with Crippen LogP contribution < -0.4 is 10.6 Å². The highest BCUT2D eigenvalue weighted by atomic mass is 32.2.